The van der Waals surface area contributed by atoms with E-state index in [0.29, 0.717) is 0 Å². The molecule has 1 aliphatic heterocycles. The summed E-state index contributed by atoms with van der Waals surface area (Å²) in [6.07, 6.45) is 9.81. The van der Waals surface area contributed by atoms with Gasteiger partial charge in [-0.05, 0) is 12.0 Å². The van der Waals surface area contributed by atoms with Crippen LogP contribution in [0.2, 0.25) is 0 Å². The molecule has 0 spiro atoms. The third-order valence-corrected chi connectivity index (χ3v) is 3.38. The second-order valence-corrected chi connectivity index (χ2v) is 5.05. The van der Waals surface area contributed by atoms with E-state index in [1.807, 2.05) is 0 Å². The van der Waals surface area contributed by atoms with E-state index in [0.717, 1.165) is 13.2 Å². The molecule has 3 heteroatoms. The number of hydrogen-bond acceptors (Lipinski definition) is 2. The van der Waals surface area contributed by atoms with Crippen molar-refractivity contribution in [1.29, 1.82) is 0 Å². The average Bonchev–Trinajstić information content (AvgIpc) is 2.84. The summed E-state index contributed by atoms with van der Waals surface area (Å²) in [5.74, 6) is 0. The molecule has 0 fully saturated rings. The fourth-order valence-electron chi connectivity index (χ4n) is 2.32. The normalized spacial score (nSPS) is 13.7. The molecule has 0 saturated heterocycles. The molecule has 106 valence electrons. The predicted molar refractivity (Wildman–Crippen MR) is 87.2 cm³/mol. The molecule has 1 heterocycles. The number of halogens is 1. The molecule has 0 radical (unpaired) electrons. The number of hydrogen-bond donors (Lipinski definition) is 0. The highest BCUT2D eigenvalue weighted by Crippen LogP contribution is 2.12. The molecular weight excluding hydrogens is 300 g/mol. The third kappa shape index (κ3) is 5.68. The van der Waals surface area contributed by atoms with Crippen LogP contribution < -0.4 is 0 Å². The Morgan fingerprint density at radius 2 is 1.68 bits per heavy atom. The topological polar surface area (TPSA) is 6.48 Å². The Balaban J connectivity index is 0.00000180. The van der Waals surface area contributed by atoms with Crippen LogP contribution in [0.5, 0.6) is 0 Å². The van der Waals surface area contributed by atoms with Crippen molar-refractivity contribution in [2.45, 2.75) is 39.2 Å². The number of benzene rings is 1. The van der Waals surface area contributed by atoms with Gasteiger partial charge in [0.15, 0.2) is 0 Å². The molecule has 1 aromatic rings. The summed E-state index contributed by atoms with van der Waals surface area (Å²) in [6.45, 7) is 5.52. The van der Waals surface area contributed by atoms with Crippen LogP contribution in [0.4, 0.5) is 0 Å². The molecule has 1 aliphatic rings. The fourth-order valence-corrected chi connectivity index (χ4v) is 2.32. The van der Waals surface area contributed by atoms with Gasteiger partial charge in [-0.3, -0.25) is 0 Å². The molecule has 2 nitrogen and oxygen atoms in total. The second kappa shape index (κ2) is 9.03. The number of unbranched alkanes of at least 4 members (excludes halogenated alkanes) is 3. The molecule has 0 saturated carbocycles. The molecule has 2 rings (SSSR count). The molecule has 0 aromatic heterocycles. The maximum absolute atomic E-state index is 2.42. The lowest BCUT2D eigenvalue weighted by molar-refractivity contribution is 0.256. The Morgan fingerprint density at radius 3 is 2.42 bits per heavy atom. The van der Waals surface area contributed by atoms with E-state index in [1.54, 1.807) is 0 Å². The standard InChI is InChI=1S/C16H24N2.BrH/c1-2-3-4-8-11-17-12-13-18(15-17)14-16-9-6-5-7-10-16;/h5-7,9-10,12-13H,2-4,8,11,14-15H2,1H3;1H. The molecule has 0 amide bonds. The number of nitrogens with zero attached hydrogens (tertiary/aromatic N) is 2. The van der Waals surface area contributed by atoms with E-state index >= 15 is 0 Å². The highest BCUT2D eigenvalue weighted by atomic mass is 79.9. The Bertz CT molecular complexity index is 364. The van der Waals surface area contributed by atoms with Gasteiger partial charge in [-0.15, -0.1) is 17.0 Å². The van der Waals surface area contributed by atoms with Crippen molar-refractivity contribution in [1.82, 2.24) is 9.80 Å². The molecular formula is C16H25BrN2. The van der Waals surface area contributed by atoms with Crippen molar-refractivity contribution in [2.24, 2.45) is 0 Å². The van der Waals surface area contributed by atoms with Crippen LogP contribution >= 0.6 is 17.0 Å². The van der Waals surface area contributed by atoms with Gasteiger partial charge in [-0.25, -0.2) is 0 Å². The van der Waals surface area contributed by atoms with Crippen molar-refractivity contribution in [3.63, 3.8) is 0 Å². The maximum atomic E-state index is 2.42. The monoisotopic (exact) mass is 324 g/mol. The Labute approximate surface area is 127 Å². The summed E-state index contributed by atoms with van der Waals surface area (Å²) in [4.78, 5) is 4.79. The van der Waals surface area contributed by atoms with Gasteiger partial charge in [0.2, 0.25) is 0 Å². The van der Waals surface area contributed by atoms with Crippen LogP contribution in [0.1, 0.15) is 38.2 Å². The molecule has 0 atom stereocenters. The summed E-state index contributed by atoms with van der Waals surface area (Å²) in [7, 11) is 0. The fraction of sp³-hybridized carbons (Fsp3) is 0.500. The van der Waals surface area contributed by atoms with Crippen molar-refractivity contribution < 1.29 is 0 Å². The van der Waals surface area contributed by atoms with Gasteiger partial charge >= 0.3 is 0 Å². The molecule has 0 aliphatic carbocycles. The molecule has 0 N–H and O–H groups in total. The van der Waals surface area contributed by atoms with Gasteiger partial charge in [-0.1, -0.05) is 56.5 Å². The lowest BCUT2D eigenvalue weighted by Crippen LogP contribution is -2.25. The zero-order valence-corrected chi connectivity index (χ0v) is 13.5. The Kier molecular flexibility index (Phi) is 7.65. The van der Waals surface area contributed by atoms with Gasteiger partial charge < -0.3 is 9.80 Å². The van der Waals surface area contributed by atoms with Gasteiger partial charge in [0.1, 0.15) is 0 Å². The van der Waals surface area contributed by atoms with Crippen LogP contribution in [0.15, 0.2) is 42.7 Å². The summed E-state index contributed by atoms with van der Waals surface area (Å²) < 4.78 is 0. The third-order valence-electron chi connectivity index (χ3n) is 3.38. The summed E-state index contributed by atoms with van der Waals surface area (Å²) in [5, 5.41) is 0. The Hall–Kier alpha value is -0.960. The van der Waals surface area contributed by atoms with E-state index < -0.39 is 0 Å². The van der Waals surface area contributed by atoms with Gasteiger partial charge in [-0.2, -0.15) is 0 Å². The largest absolute Gasteiger partial charge is 0.359 e. The average molecular weight is 325 g/mol. The lowest BCUT2D eigenvalue weighted by atomic mass is 10.2. The molecule has 0 bridgehead atoms. The van der Waals surface area contributed by atoms with Crippen LogP contribution in [-0.2, 0) is 6.54 Å². The second-order valence-electron chi connectivity index (χ2n) is 5.05. The summed E-state index contributed by atoms with van der Waals surface area (Å²) in [6, 6.07) is 10.7. The Morgan fingerprint density at radius 1 is 0.947 bits per heavy atom. The minimum atomic E-state index is 0. The van der Waals surface area contributed by atoms with Crippen LogP contribution in [0.3, 0.4) is 0 Å². The van der Waals surface area contributed by atoms with Crippen molar-refractivity contribution in [2.75, 3.05) is 13.2 Å². The minimum Gasteiger partial charge on any atom is -0.359 e. The first-order chi connectivity index (χ1) is 8.88. The smallest absolute Gasteiger partial charge is 0.0897 e. The first kappa shape index (κ1) is 16.1. The highest BCUT2D eigenvalue weighted by molar-refractivity contribution is 8.93. The van der Waals surface area contributed by atoms with Gasteiger partial charge in [0.05, 0.1) is 6.67 Å². The highest BCUT2D eigenvalue weighted by Gasteiger charge is 2.11. The van der Waals surface area contributed by atoms with Crippen LogP contribution in [0, 0.1) is 0 Å². The first-order valence-corrected chi connectivity index (χ1v) is 7.09. The van der Waals surface area contributed by atoms with Crippen LogP contribution in [-0.4, -0.2) is 23.0 Å². The van der Waals surface area contributed by atoms with Crippen LogP contribution in [0.25, 0.3) is 0 Å². The maximum Gasteiger partial charge on any atom is 0.0897 e. The predicted octanol–water partition coefficient (Wildman–Crippen LogP) is 4.39. The SMILES string of the molecule is Br.CCCCCCN1C=CN(Cc2ccccc2)C1. The van der Waals surface area contributed by atoms with E-state index in [1.165, 1.54) is 37.8 Å². The van der Waals surface area contributed by atoms with E-state index in [4.69, 9.17) is 0 Å². The van der Waals surface area contributed by atoms with E-state index in [2.05, 4.69) is 59.5 Å². The summed E-state index contributed by atoms with van der Waals surface area (Å²) >= 11 is 0. The van der Waals surface area contributed by atoms with Crippen molar-refractivity contribution >= 4 is 17.0 Å². The van der Waals surface area contributed by atoms with Crippen molar-refractivity contribution in [3.05, 3.63) is 48.3 Å². The summed E-state index contributed by atoms with van der Waals surface area (Å²) in [5.41, 5.74) is 1.38. The zero-order chi connectivity index (χ0) is 12.6. The van der Waals surface area contributed by atoms with E-state index in [-0.39, 0.29) is 17.0 Å². The van der Waals surface area contributed by atoms with Gasteiger partial charge in [0.25, 0.3) is 0 Å². The molecule has 0 unspecified atom stereocenters. The van der Waals surface area contributed by atoms with E-state index in [9.17, 15) is 0 Å². The molecule has 19 heavy (non-hydrogen) atoms. The number of rotatable bonds is 7. The zero-order valence-electron chi connectivity index (χ0n) is 11.8. The van der Waals surface area contributed by atoms with Crippen molar-refractivity contribution in [3.8, 4) is 0 Å². The quantitative estimate of drug-likeness (QED) is 0.686. The first-order valence-electron chi connectivity index (χ1n) is 7.09. The molecule has 1 aromatic carbocycles. The minimum absolute atomic E-state index is 0. The van der Waals surface area contributed by atoms with Gasteiger partial charge in [0, 0.05) is 25.5 Å². The lowest BCUT2D eigenvalue weighted by Gasteiger charge is -2.21.